The number of hydrazine groups is 1. The maximum atomic E-state index is 11.0. The second-order valence-electron chi connectivity index (χ2n) is 3.12. The zero-order valence-electron chi connectivity index (χ0n) is 6.88. The van der Waals surface area contributed by atoms with Gasteiger partial charge in [-0.25, -0.2) is 19.6 Å². The molecule has 1 heterocycles. The van der Waals surface area contributed by atoms with E-state index in [2.05, 4.69) is 0 Å². The summed E-state index contributed by atoms with van der Waals surface area (Å²) in [5, 5.41) is 2.40. The van der Waals surface area contributed by atoms with Gasteiger partial charge in [0.2, 0.25) is 0 Å². The van der Waals surface area contributed by atoms with Gasteiger partial charge < -0.3 is 11.5 Å². The minimum Gasteiger partial charge on any atom is -0.350 e. The first kappa shape index (κ1) is 7.90. The summed E-state index contributed by atoms with van der Waals surface area (Å²) in [6.45, 7) is 0. The van der Waals surface area contributed by atoms with Crippen LogP contribution in [-0.2, 0) is 0 Å². The van der Waals surface area contributed by atoms with E-state index in [1.165, 1.54) is 10.0 Å². The van der Waals surface area contributed by atoms with E-state index in [0.717, 1.165) is 0 Å². The first-order chi connectivity index (χ1) is 6.11. The van der Waals surface area contributed by atoms with Crippen molar-refractivity contribution >= 4 is 12.1 Å². The molecule has 0 radical (unpaired) electrons. The van der Waals surface area contributed by atoms with Crippen LogP contribution in [0.5, 0.6) is 0 Å². The molecule has 2 rings (SSSR count). The Hall–Kier alpha value is -1.72. The Morgan fingerprint density at radius 2 is 1.46 bits per heavy atom. The van der Waals surface area contributed by atoms with E-state index in [4.69, 9.17) is 11.5 Å². The number of nitrogens with zero attached hydrogens (tertiary/aromatic N) is 2. The minimum absolute atomic E-state index is 0.102. The third-order valence-corrected chi connectivity index (χ3v) is 2.35. The molecule has 1 fully saturated rings. The lowest BCUT2D eigenvalue weighted by Crippen LogP contribution is -2.55. The number of hydrogen-bond donors (Lipinski definition) is 2. The van der Waals surface area contributed by atoms with Gasteiger partial charge in [-0.2, -0.15) is 0 Å². The number of carbonyl (C=O) groups is 2. The summed E-state index contributed by atoms with van der Waals surface area (Å²) in [5.74, 6) is 0. The van der Waals surface area contributed by atoms with Gasteiger partial charge >= 0.3 is 12.1 Å². The molecule has 2 atom stereocenters. The van der Waals surface area contributed by atoms with E-state index < -0.39 is 12.1 Å². The number of rotatable bonds is 0. The zero-order chi connectivity index (χ0) is 9.59. The average Bonchev–Trinajstić information content (AvgIpc) is 2.60. The number of primary amides is 2. The van der Waals surface area contributed by atoms with Crippen LogP contribution in [0, 0.1) is 0 Å². The van der Waals surface area contributed by atoms with Crippen LogP contribution < -0.4 is 11.5 Å². The first-order valence-corrected chi connectivity index (χ1v) is 3.97. The van der Waals surface area contributed by atoms with Crippen molar-refractivity contribution in [2.45, 2.75) is 18.5 Å². The van der Waals surface area contributed by atoms with E-state index in [1.807, 2.05) is 12.2 Å². The van der Waals surface area contributed by atoms with Gasteiger partial charge in [0, 0.05) is 0 Å². The summed E-state index contributed by atoms with van der Waals surface area (Å²) < 4.78 is 0. The predicted octanol–water partition coefficient (Wildman–Crippen LogP) is -0.627. The molecule has 0 saturated carbocycles. The van der Waals surface area contributed by atoms with Crippen LogP contribution in [0.3, 0.4) is 0 Å². The summed E-state index contributed by atoms with van der Waals surface area (Å²) in [5.41, 5.74) is 10.2. The van der Waals surface area contributed by atoms with E-state index in [9.17, 15) is 9.59 Å². The molecular weight excluding hydrogens is 172 g/mol. The molecule has 2 aliphatic rings. The fraction of sp³-hybridized carbons (Fsp3) is 0.429. The molecule has 0 spiro atoms. The smallest absolute Gasteiger partial charge is 0.334 e. The van der Waals surface area contributed by atoms with Crippen LogP contribution in [0.25, 0.3) is 0 Å². The largest absolute Gasteiger partial charge is 0.350 e. The van der Waals surface area contributed by atoms with Gasteiger partial charge in [0.15, 0.2) is 0 Å². The molecule has 4 amide bonds. The highest BCUT2D eigenvalue weighted by Crippen LogP contribution is 2.31. The van der Waals surface area contributed by atoms with Crippen LogP contribution in [0.2, 0.25) is 0 Å². The lowest BCUT2D eigenvalue weighted by molar-refractivity contribution is 0.0656. The Balaban J connectivity index is 2.30. The number of amides is 4. The molecule has 1 aliphatic carbocycles. The lowest BCUT2D eigenvalue weighted by Gasteiger charge is -2.32. The maximum absolute atomic E-state index is 11.0. The van der Waals surface area contributed by atoms with Crippen molar-refractivity contribution in [3.8, 4) is 0 Å². The van der Waals surface area contributed by atoms with Crippen molar-refractivity contribution in [2.24, 2.45) is 11.5 Å². The molecule has 0 aromatic carbocycles. The van der Waals surface area contributed by atoms with Crippen molar-refractivity contribution in [1.29, 1.82) is 0 Å². The first-order valence-electron chi connectivity index (χ1n) is 3.97. The number of carbonyl (C=O) groups excluding carboxylic acids is 2. The Bertz CT molecular complexity index is 273. The summed E-state index contributed by atoms with van der Waals surface area (Å²) >= 11 is 0. The molecule has 13 heavy (non-hydrogen) atoms. The fourth-order valence-electron chi connectivity index (χ4n) is 1.88. The highest BCUT2D eigenvalue weighted by atomic mass is 16.2. The molecular formula is C7H10N4O2. The van der Waals surface area contributed by atoms with Crippen molar-refractivity contribution in [2.75, 3.05) is 0 Å². The second kappa shape index (κ2) is 2.38. The van der Waals surface area contributed by atoms with Gasteiger partial charge in [-0.3, -0.25) is 0 Å². The fourth-order valence-corrected chi connectivity index (χ4v) is 1.88. The molecule has 0 aromatic heterocycles. The molecule has 1 saturated heterocycles. The third-order valence-electron chi connectivity index (χ3n) is 2.35. The minimum atomic E-state index is -0.643. The van der Waals surface area contributed by atoms with Gasteiger partial charge in [-0.15, -0.1) is 0 Å². The van der Waals surface area contributed by atoms with Crippen LogP contribution in [-0.4, -0.2) is 34.2 Å². The van der Waals surface area contributed by atoms with Crippen molar-refractivity contribution in [3.05, 3.63) is 12.2 Å². The highest BCUT2D eigenvalue weighted by Gasteiger charge is 2.44. The van der Waals surface area contributed by atoms with Gasteiger partial charge in [-0.05, 0) is 6.42 Å². The Kier molecular flexibility index (Phi) is 1.45. The molecule has 4 N–H and O–H groups in total. The summed E-state index contributed by atoms with van der Waals surface area (Å²) in [6, 6.07) is -1.49. The van der Waals surface area contributed by atoms with Gasteiger partial charge in [0.05, 0.1) is 12.1 Å². The zero-order valence-corrected chi connectivity index (χ0v) is 6.88. The van der Waals surface area contributed by atoms with Crippen LogP contribution in [0.15, 0.2) is 12.2 Å². The van der Waals surface area contributed by atoms with Crippen LogP contribution >= 0.6 is 0 Å². The number of urea groups is 2. The SMILES string of the molecule is NC(=O)N1C2C=CC(C2)N1C(N)=O. The van der Waals surface area contributed by atoms with E-state index in [0.29, 0.717) is 6.42 Å². The van der Waals surface area contributed by atoms with E-state index >= 15 is 0 Å². The second-order valence-corrected chi connectivity index (χ2v) is 3.12. The maximum Gasteiger partial charge on any atom is 0.334 e. The van der Waals surface area contributed by atoms with E-state index in [1.54, 1.807) is 0 Å². The van der Waals surface area contributed by atoms with Gasteiger partial charge in [-0.1, -0.05) is 12.2 Å². The molecule has 1 aliphatic heterocycles. The Labute approximate surface area is 74.7 Å². The summed E-state index contributed by atoms with van der Waals surface area (Å²) in [7, 11) is 0. The number of hydrogen-bond acceptors (Lipinski definition) is 2. The predicted molar refractivity (Wildman–Crippen MR) is 44.2 cm³/mol. The average molecular weight is 182 g/mol. The topological polar surface area (TPSA) is 92.7 Å². The normalized spacial score (nSPS) is 29.8. The molecule has 0 aromatic rings. The number of fused-ring (bicyclic) bond motifs is 2. The molecule has 70 valence electrons. The lowest BCUT2D eigenvalue weighted by atomic mass is 10.2. The van der Waals surface area contributed by atoms with Gasteiger partial charge in [0.1, 0.15) is 0 Å². The van der Waals surface area contributed by atoms with Crippen LogP contribution in [0.4, 0.5) is 9.59 Å². The summed E-state index contributed by atoms with van der Waals surface area (Å²) in [6.07, 6.45) is 4.41. The van der Waals surface area contributed by atoms with Crippen molar-refractivity contribution in [1.82, 2.24) is 10.0 Å². The molecule has 2 unspecified atom stereocenters. The van der Waals surface area contributed by atoms with E-state index in [-0.39, 0.29) is 12.1 Å². The molecule has 6 nitrogen and oxygen atoms in total. The van der Waals surface area contributed by atoms with Gasteiger partial charge in [0.25, 0.3) is 0 Å². The summed E-state index contributed by atoms with van der Waals surface area (Å²) in [4.78, 5) is 21.9. The standard InChI is InChI=1S/C7H10N4O2/c8-6(12)10-4-1-2-5(3-4)11(10)7(9)13/h1-2,4-5H,3H2,(H2,8,12)(H2,9,13). The highest BCUT2D eigenvalue weighted by molar-refractivity contribution is 5.80. The monoisotopic (exact) mass is 182 g/mol. The molecule has 6 heteroatoms. The van der Waals surface area contributed by atoms with Crippen molar-refractivity contribution < 1.29 is 9.59 Å². The number of nitrogens with two attached hydrogens (primary N) is 2. The quantitative estimate of drug-likeness (QED) is 0.488. The third kappa shape index (κ3) is 0.947. The van der Waals surface area contributed by atoms with Crippen LogP contribution in [0.1, 0.15) is 6.42 Å². The van der Waals surface area contributed by atoms with Crippen molar-refractivity contribution in [3.63, 3.8) is 0 Å². The Morgan fingerprint density at radius 3 is 1.77 bits per heavy atom. The molecule has 2 bridgehead atoms. The Morgan fingerprint density at radius 1 is 1.08 bits per heavy atom.